The molecule has 0 aliphatic rings. The van der Waals surface area contributed by atoms with E-state index < -0.39 is 10.1 Å². The average Bonchev–Trinajstić information content (AvgIpc) is 2.28. The summed E-state index contributed by atoms with van der Waals surface area (Å²) in [5, 5.41) is 0. The van der Waals surface area contributed by atoms with Crippen molar-refractivity contribution in [1.82, 2.24) is 0 Å². The molecule has 1 aromatic carbocycles. The number of benzene rings is 1. The lowest BCUT2D eigenvalue weighted by atomic mass is 10.1. The molecule has 0 aliphatic heterocycles. The minimum absolute atomic E-state index is 0.107. The maximum absolute atomic E-state index is 10.5. The van der Waals surface area contributed by atoms with Gasteiger partial charge in [0.1, 0.15) is 11.5 Å². The van der Waals surface area contributed by atoms with Crippen molar-refractivity contribution >= 4 is 27.1 Å². The van der Waals surface area contributed by atoms with Gasteiger partial charge in [-0.05, 0) is 16.5 Å². The summed E-state index contributed by atoms with van der Waals surface area (Å²) in [4.78, 5) is 0. The van der Waals surface area contributed by atoms with Crippen LogP contribution < -0.4 is 0 Å². The second kappa shape index (κ2) is 6.97. The minimum Gasteiger partial charge on any atom is -0.748 e. The van der Waals surface area contributed by atoms with Crippen molar-refractivity contribution in [3.63, 3.8) is 0 Å². The maximum atomic E-state index is 10.5. The molecule has 1 unspecified atom stereocenters. The van der Waals surface area contributed by atoms with Gasteiger partial charge in [0.25, 0.3) is 0 Å². The molecule has 0 N–H and O–H groups in total. The predicted molar refractivity (Wildman–Crippen MR) is 77.6 cm³/mol. The number of hydrogen-bond donors (Lipinski definition) is 0. The Morgan fingerprint density at radius 1 is 1.33 bits per heavy atom. The Morgan fingerprint density at radius 2 is 1.94 bits per heavy atom. The summed E-state index contributed by atoms with van der Waals surface area (Å²) in [5.41, 5.74) is 2.32. The summed E-state index contributed by atoms with van der Waals surface area (Å²) in [5.74, 6) is 1.46. The van der Waals surface area contributed by atoms with E-state index in [9.17, 15) is 13.0 Å². The molecule has 0 radical (unpaired) electrons. The van der Waals surface area contributed by atoms with E-state index in [1.807, 2.05) is 12.1 Å². The van der Waals surface area contributed by atoms with Crippen LogP contribution in [-0.4, -0.2) is 30.7 Å². The van der Waals surface area contributed by atoms with Gasteiger partial charge in [0.2, 0.25) is 0 Å². The molecule has 0 heterocycles. The van der Waals surface area contributed by atoms with E-state index >= 15 is 0 Å². The molecule has 0 spiro atoms. The van der Waals surface area contributed by atoms with Crippen LogP contribution in [-0.2, 0) is 26.8 Å². The zero-order valence-corrected chi connectivity index (χ0v) is 12.1. The van der Waals surface area contributed by atoms with Gasteiger partial charge in [-0.2, -0.15) is 0 Å². The highest BCUT2D eigenvalue weighted by Crippen LogP contribution is 2.11. The van der Waals surface area contributed by atoms with Gasteiger partial charge in [-0.3, -0.25) is 0 Å². The van der Waals surface area contributed by atoms with Crippen molar-refractivity contribution < 1.29 is 13.0 Å². The van der Waals surface area contributed by atoms with E-state index in [1.165, 1.54) is 5.56 Å². The SMILES string of the molecule is C=Cc1ccc(C[S+](C)CCCS(=O)(=O)[O-])cc1. The molecule has 1 atom stereocenters. The first-order valence-corrected chi connectivity index (χ1v) is 9.19. The van der Waals surface area contributed by atoms with Crippen molar-refractivity contribution in [2.75, 3.05) is 17.8 Å². The zero-order valence-electron chi connectivity index (χ0n) is 10.5. The van der Waals surface area contributed by atoms with E-state index in [-0.39, 0.29) is 16.6 Å². The molecule has 0 bridgehead atoms. The minimum atomic E-state index is -4.06. The van der Waals surface area contributed by atoms with E-state index in [1.54, 1.807) is 6.08 Å². The molecule has 0 aromatic heterocycles. The summed E-state index contributed by atoms with van der Waals surface area (Å²) in [6, 6.07) is 8.15. The van der Waals surface area contributed by atoms with Crippen LogP contribution in [0.3, 0.4) is 0 Å². The molecule has 1 aromatic rings. The lowest BCUT2D eigenvalue weighted by molar-refractivity contribution is 0.462. The second-order valence-electron chi connectivity index (χ2n) is 4.19. The molecule has 0 aliphatic carbocycles. The Bertz CT molecular complexity index is 477. The van der Waals surface area contributed by atoms with Crippen molar-refractivity contribution in [3.8, 4) is 0 Å². The third-order valence-corrected chi connectivity index (χ3v) is 5.12. The molecule has 0 saturated carbocycles. The molecule has 0 amide bonds. The standard InChI is InChI=1S/C13H18O3S2/c1-3-12-5-7-13(8-6-12)11-17(2)9-4-10-18(14,15)16/h3,5-8H,1,4,9-11H2,2H3. The van der Waals surface area contributed by atoms with Crippen molar-refractivity contribution in [3.05, 3.63) is 42.0 Å². The third-order valence-electron chi connectivity index (χ3n) is 2.52. The Morgan fingerprint density at radius 3 is 2.44 bits per heavy atom. The van der Waals surface area contributed by atoms with Crippen LogP contribution in [0.1, 0.15) is 17.5 Å². The van der Waals surface area contributed by atoms with Crippen LogP contribution >= 0.6 is 0 Å². The fraction of sp³-hybridized carbons (Fsp3) is 0.385. The largest absolute Gasteiger partial charge is 0.748 e. The Balaban J connectivity index is 2.39. The van der Waals surface area contributed by atoms with Crippen LogP contribution in [0.15, 0.2) is 30.8 Å². The lowest BCUT2D eigenvalue weighted by Gasteiger charge is -2.07. The molecule has 0 fully saturated rings. The van der Waals surface area contributed by atoms with Crippen LogP contribution in [0.2, 0.25) is 0 Å². The van der Waals surface area contributed by atoms with Gasteiger partial charge in [-0.1, -0.05) is 36.9 Å². The zero-order chi connectivity index (χ0) is 13.6. The van der Waals surface area contributed by atoms with E-state index in [0.29, 0.717) is 6.42 Å². The van der Waals surface area contributed by atoms with E-state index in [0.717, 1.165) is 17.1 Å². The highest BCUT2D eigenvalue weighted by molar-refractivity contribution is 7.95. The van der Waals surface area contributed by atoms with Gasteiger partial charge >= 0.3 is 0 Å². The van der Waals surface area contributed by atoms with Gasteiger partial charge in [-0.15, -0.1) is 0 Å². The van der Waals surface area contributed by atoms with Crippen molar-refractivity contribution in [1.29, 1.82) is 0 Å². The molecule has 5 heteroatoms. The number of hydrogen-bond acceptors (Lipinski definition) is 3. The Kier molecular flexibility index (Phi) is 5.91. The fourth-order valence-electron chi connectivity index (χ4n) is 1.59. The van der Waals surface area contributed by atoms with E-state index in [4.69, 9.17) is 0 Å². The van der Waals surface area contributed by atoms with Gasteiger partial charge in [0.05, 0.1) is 16.4 Å². The van der Waals surface area contributed by atoms with Crippen molar-refractivity contribution in [2.45, 2.75) is 12.2 Å². The normalized spacial score (nSPS) is 13.2. The van der Waals surface area contributed by atoms with Crippen LogP contribution in [0.4, 0.5) is 0 Å². The third kappa shape index (κ3) is 6.23. The molecule has 0 saturated heterocycles. The summed E-state index contributed by atoms with van der Waals surface area (Å²) >= 11 is 0. The smallest absolute Gasteiger partial charge is 0.132 e. The van der Waals surface area contributed by atoms with Crippen LogP contribution in [0.5, 0.6) is 0 Å². The monoisotopic (exact) mass is 286 g/mol. The fourth-order valence-corrected chi connectivity index (χ4v) is 3.81. The molecule has 100 valence electrons. The molecule has 1 rings (SSSR count). The summed E-state index contributed by atoms with van der Waals surface area (Å²) in [7, 11) is -3.95. The molecule has 18 heavy (non-hydrogen) atoms. The van der Waals surface area contributed by atoms with Gasteiger partial charge < -0.3 is 4.55 Å². The highest BCUT2D eigenvalue weighted by atomic mass is 32.2. The molecule has 3 nitrogen and oxygen atoms in total. The predicted octanol–water partition coefficient (Wildman–Crippen LogP) is 2.01. The summed E-state index contributed by atoms with van der Waals surface area (Å²) in [6.07, 6.45) is 4.35. The second-order valence-corrected chi connectivity index (χ2v) is 7.97. The summed E-state index contributed by atoms with van der Waals surface area (Å²) < 4.78 is 31.4. The molecular formula is C13H18O3S2. The lowest BCUT2D eigenvalue weighted by Crippen LogP contribution is -2.13. The highest BCUT2D eigenvalue weighted by Gasteiger charge is 2.12. The quantitative estimate of drug-likeness (QED) is 0.569. The van der Waals surface area contributed by atoms with Gasteiger partial charge in [-0.25, -0.2) is 8.42 Å². The van der Waals surface area contributed by atoms with Crippen LogP contribution in [0.25, 0.3) is 6.08 Å². The average molecular weight is 286 g/mol. The first kappa shape index (κ1) is 15.3. The Labute approximate surface area is 112 Å². The van der Waals surface area contributed by atoms with Gasteiger partial charge in [0.15, 0.2) is 0 Å². The van der Waals surface area contributed by atoms with E-state index in [2.05, 4.69) is 25.0 Å². The first-order chi connectivity index (χ1) is 8.40. The summed E-state index contributed by atoms with van der Waals surface area (Å²) in [6.45, 7) is 3.70. The maximum Gasteiger partial charge on any atom is 0.132 e. The van der Waals surface area contributed by atoms with Gasteiger partial charge in [0, 0.05) is 17.7 Å². The van der Waals surface area contributed by atoms with Crippen LogP contribution in [0, 0.1) is 0 Å². The van der Waals surface area contributed by atoms with Crippen molar-refractivity contribution in [2.24, 2.45) is 0 Å². The molecular weight excluding hydrogens is 268 g/mol. The topological polar surface area (TPSA) is 57.2 Å². The first-order valence-electron chi connectivity index (χ1n) is 5.65. The Hall–Kier alpha value is -0.780. The number of rotatable bonds is 7.